The van der Waals surface area contributed by atoms with Crippen LogP contribution in [-0.2, 0) is 0 Å². The molecule has 0 spiro atoms. The molecule has 2 aromatic heterocycles. The number of hydrogen-bond donors (Lipinski definition) is 1. The molecule has 0 aliphatic carbocycles. The second-order valence-corrected chi connectivity index (χ2v) is 7.95. The van der Waals surface area contributed by atoms with Crippen LogP contribution in [0.5, 0.6) is 0 Å². The van der Waals surface area contributed by atoms with Crippen molar-refractivity contribution in [1.29, 1.82) is 0 Å². The summed E-state index contributed by atoms with van der Waals surface area (Å²) in [6.07, 6.45) is 0. The number of halogens is 2. The zero-order chi connectivity index (χ0) is 21.4. The minimum atomic E-state index is -0.468. The van der Waals surface area contributed by atoms with Crippen LogP contribution < -0.4 is 5.73 Å². The number of hydrogen-bond acceptors (Lipinski definition) is 4. The van der Waals surface area contributed by atoms with Crippen molar-refractivity contribution in [1.82, 2.24) is 19.8 Å². The van der Waals surface area contributed by atoms with Crippen LogP contribution in [0.1, 0.15) is 17.4 Å². The molecule has 5 rings (SSSR count). The van der Waals surface area contributed by atoms with Crippen LogP contribution >= 0.6 is 23.2 Å². The molecule has 0 aliphatic heterocycles. The predicted molar refractivity (Wildman–Crippen MR) is 124 cm³/mol. The normalized spacial score (nSPS) is 12.2. The number of nitrogens with two attached hydrogens (primary N) is 1. The Morgan fingerprint density at radius 3 is 2.23 bits per heavy atom. The highest BCUT2D eigenvalue weighted by Gasteiger charge is 2.21. The van der Waals surface area contributed by atoms with E-state index < -0.39 is 6.04 Å². The van der Waals surface area contributed by atoms with Crippen molar-refractivity contribution in [3.63, 3.8) is 0 Å². The number of benzene rings is 3. The molecule has 0 fully saturated rings. The van der Waals surface area contributed by atoms with Gasteiger partial charge in [0.1, 0.15) is 5.69 Å². The largest absolute Gasteiger partial charge is 0.318 e. The SMILES string of the molecule is N[C@@H](c1ccccc1)c1nnc2cc(-c3ccc(Cl)cc3)c(-c3ccccc3Cl)nn12. The first-order valence-corrected chi connectivity index (χ1v) is 10.4. The first kappa shape index (κ1) is 19.7. The molecular formula is C24H17Cl2N5. The van der Waals surface area contributed by atoms with Gasteiger partial charge in [-0.05, 0) is 35.4 Å². The van der Waals surface area contributed by atoms with Gasteiger partial charge in [0.25, 0.3) is 0 Å². The molecule has 5 nitrogen and oxygen atoms in total. The fraction of sp³-hybridized carbons (Fsp3) is 0.0417. The molecule has 0 amide bonds. The van der Waals surface area contributed by atoms with E-state index in [0.717, 1.165) is 22.3 Å². The molecule has 0 bridgehead atoms. The van der Waals surface area contributed by atoms with Gasteiger partial charge in [0.15, 0.2) is 11.5 Å². The maximum Gasteiger partial charge on any atom is 0.178 e. The summed E-state index contributed by atoms with van der Waals surface area (Å²) in [6.45, 7) is 0. The maximum absolute atomic E-state index is 6.54. The predicted octanol–water partition coefficient (Wildman–Crippen LogP) is 5.81. The number of aromatic nitrogens is 4. The van der Waals surface area contributed by atoms with Crippen molar-refractivity contribution >= 4 is 28.8 Å². The molecule has 3 aromatic carbocycles. The lowest BCUT2D eigenvalue weighted by atomic mass is 10.00. The minimum Gasteiger partial charge on any atom is -0.318 e. The molecule has 0 radical (unpaired) electrons. The van der Waals surface area contributed by atoms with Gasteiger partial charge in [0, 0.05) is 16.1 Å². The minimum absolute atomic E-state index is 0.468. The molecule has 2 heterocycles. The van der Waals surface area contributed by atoms with Crippen LogP contribution in [0.2, 0.25) is 10.0 Å². The smallest absolute Gasteiger partial charge is 0.178 e. The van der Waals surface area contributed by atoms with Crippen LogP contribution in [0.3, 0.4) is 0 Å². The lowest BCUT2D eigenvalue weighted by molar-refractivity contribution is 0.729. The molecule has 2 N–H and O–H groups in total. The average Bonchev–Trinajstić information content (AvgIpc) is 3.22. The fourth-order valence-electron chi connectivity index (χ4n) is 3.55. The summed E-state index contributed by atoms with van der Waals surface area (Å²) in [7, 11) is 0. The quantitative estimate of drug-likeness (QED) is 0.378. The maximum atomic E-state index is 6.54. The van der Waals surface area contributed by atoms with Crippen molar-refractivity contribution in [3.05, 3.63) is 106 Å². The van der Waals surface area contributed by atoms with Gasteiger partial charge in [-0.15, -0.1) is 10.2 Å². The van der Waals surface area contributed by atoms with E-state index in [1.54, 1.807) is 4.52 Å². The Morgan fingerprint density at radius 1 is 0.774 bits per heavy atom. The molecule has 31 heavy (non-hydrogen) atoms. The van der Waals surface area contributed by atoms with E-state index in [9.17, 15) is 0 Å². The van der Waals surface area contributed by atoms with Crippen LogP contribution in [0.15, 0.2) is 84.9 Å². The van der Waals surface area contributed by atoms with Gasteiger partial charge in [0.05, 0.1) is 11.1 Å². The Bertz CT molecular complexity index is 1360. The number of rotatable bonds is 4. The molecule has 0 unspecified atom stereocenters. The van der Waals surface area contributed by atoms with Crippen LogP contribution in [0, 0.1) is 0 Å². The summed E-state index contributed by atoms with van der Waals surface area (Å²) in [4.78, 5) is 0. The first-order valence-electron chi connectivity index (χ1n) is 9.69. The highest BCUT2D eigenvalue weighted by atomic mass is 35.5. The lowest BCUT2D eigenvalue weighted by Crippen LogP contribution is -2.16. The van der Waals surface area contributed by atoms with Gasteiger partial charge in [-0.2, -0.15) is 9.61 Å². The molecule has 152 valence electrons. The van der Waals surface area contributed by atoms with E-state index in [0.29, 0.717) is 27.2 Å². The van der Waals surface area contributed by atoms with Gasteiger partial charge < -0.3 is 5.73 Å². The standard InChI is InChI=1S/C24H17Cl2N5/c25-17-12-10-15(11-13-17)19-14-21-28-29-24(22(27)16-6-2-1-3-7-16)31(21)30-23(19)18-8-4-5-9-20(18)26/h1-14,22H,27H2/t22-/m0/s1. The lowest BCUT2D eigenvalue weighted by Gasteiger charge is -2.14. The highest BCUT2D eigenvalue weighted by molar-refractivity contribution is 6.33. The van der Waals surface area contributed by atoms with Gasteiger partial charge in [-0.1, -0.05) is 83.9 Å². The summed E-state index contributed by atoms with van der Waals surface area (Å²) in [5.74, 6) is 0.553. The molecule has 0 saturated carbocycles. The highest BCUT2D eigenvalue weighted by Crippen LogP contribution is 2.35. The van der Waals surface area contributed by atoms with E-state index in [1.807, 2.05) is 84.9 Å². The van der Waals surface area contributed by atoms with E-state index in [-0.39, 0.29) is 0 Å². The van der Waals surface area contributed by atoms with Gasteiger partial charge in [0.2, 0.25) is 0 Å². The van der Waals surface area contributed by atoms with Crippen molar-refractivity contribution in [2.75, 3.05) is 0 Å². The molecule has 0 aliphatic rings. The van der Waals surface area contributed by atoms with Crippen molar-refractivity contribution < 1.29 is 0 Å². The van der Waals surface area contributed by atoms with Gasteiger partial charge in [-0.3, -0.25) is 0 Å². The Hall–Kier alpha value is -3.25. The third-order valence-electron chi connectivity index (χ3n) is 5.14. The molecule has 0 saturated heterocycles. The zero-order valence-corrected chi connectivity index (χ0v) is 17.8. The van der Waals surface area contributed by atoms with Gasteiger partial charge in [-0.25, -0.2) is 0 Å². The molecule has 1 atom stereocenters. The third kappa shape index (κ3) is 3.68. The van der Waals surface area contributed by atoms with E-state index in [1.165, 1.54) is 0 Å². The van der Waals surface area contributed by atoms with Gasteiger partial charge >= 0.3 is 0 Å². The van der Waals surface area contributed by atoms with Crippen molar-refractivity contribution in [2.24, 2.45) is 5.73 Å². The second-order valence-electron chi connectivity index (χ2n) is 7.11. The Kier molecular flexibility index (Phi) is 5.16. The van der Waals surface area contributed by atoms with Crippen LogP contribution in [0.25, 0.3) is 28.0 Å². The zero-order valence-electron chi connectivity index (χ0n) is 16.3. The topological polar surface area (TPSA) is 69.1 Å². The molecule has 5 aromatic rings. The van der Waals surface area contributed by atoms with Crippen molar-refractivity contribution in [3.8, 4) is 22.4 Å². The van der Waals surface area contributed by atoms with E-state index in [2.05, 4.69) is 10.2 Å². The molecular weight excluding hydrogens is 429 g/mol. The summed E-state index contributed by atoms with van der Waals surface area (Å²) in [5, 5.41) is 14.9. The van der Waals surface area contributed by atoms with E-state index in [4.69, 9.17) is 34.0 Å². The Morgan fingerprint density at radius 2 is 1.48 bits per heavy atom. The summed E-state index contributed by atoms with van der Waals surface area (Å²) in [5.41, 5.74) is 11.4. The number of fused-ring (bicyclic) bond motifs is 1. The van der Waals surface area contributed by atoms with E-state index >= 15 is 0 Å². The third-order valence-corrected chi connectivity index (χ3v) is 5.72. The summed E-state index contributed by atoms with van der Waals surface area (Å²) in [6, 6.07) is 26.4. The summed E-state index contributed by atoms with van der Waals surface area (Å²) < 4.78 is 1.69. The number of nitrogens with zero attached hydrogens (tertiary/aromatic N) is 4. The summed E-state index contributed by atoms with van der Waals surface area (Å²) >= 11 is 12.6. The fourth-order valence-corrected chi connectivity index (χ4v) is 3.90. The van der Waals surface area contributed by atoms with Crippen LogP contribution in [-0.4, -0.2) is 19.8 Å². The van der Waals surface area contributed by atoms with Crippen molar-refractivity contribution in [2.45, 2.75) is 6.04 Å². The van der Waals surface area contributed by atoms with Crippen LogP contribution in [0.4, 0.5) is 0 Å². The molecule has 7 heteroatoms. The average molecular weight is 446 g/mol. The first-order chi connectivity index (χ1) is 15.1. The Balaban J connectivity index is 1.75. The Labute approximate surface area is 189 Å². The second kappa shape index (κ2) is 8.12. The monoisotopic (exact) mass is 445 g/mol.